The average molecular weight is 1260 g/mol. The first-order valence-corrected chi connectivity index (χ1v) is 27.9. The summed E-state index contributed by atoms with van der Waals surface area (Å²) < 4.78 is 172. The van der Waals surface area contributed by atoms with E-state index >= 15 is 0 Å². The van der Waals surface area contributed by atoms with Crippen LogP contribution in [0.1, 0.15) is 15.9 Å². The number of azo groups is 1. The van der Waals surface area contributed by atoms with Crippen LogP contribution in [0.3, 0.4) is 0 Å². The predicted octanol–water partition coefficient (Wildman–Crippen LogP) is 5.53. The van der Waals surface area contributed by atoms with Crippen LogP contribution in [0.5, 0.6) is 5.75 Å². The molecule has 40 heteroatoms. The maximum atomic E-state index is 12.8. The van der Waals surface area contributed by atoms with Gasteiger partial charge in [0.15, 0.2) is 5.75 Å². The third-order valence-corrected chi connectivity index (χ3v) is 14.1. The molecule has 78 heavy (non-hydrogen) atoms. The Balaban J connectivity index is 0.00000984. The van der Waals surface area contributed by atoms with Gasteiger partial charge in [-0.2, -0.15) is 77.1 Å². The summed E-state index contributed by atoms with van der Waals surface area (Å²) in [5.41, 5.74) is -1.64. The smallest absolute Gasteiger partial charge is 0.338 e. The summed E-state index contributed by atoms with van der Waals surface area (Å²) in [6.07, 6.45) is 0. The van der Waals surface area contributed by atoms with E-state index in [1.165, 1.54) is 36.4 Å². The minimum atomic E-state index is -5.42. The monoisotopic (exact) mass is 1260 g/mol. The first-order valence-electron chi connectivity index (χ1n) is 19.9. The summed E-state index contributed by atoms with van der Waals surface area (Å²) in [6.45, 7) is 0. The van der Waals surface area contributed by atoms with Crippen LogP contribution in [0.25, 0.3) is 0 Å². The summed E-state index contributed by atoms with van der Waals surface area (Å²) in [5.74, 6) is -5.52. The van der Waals surface area contributed by atoms with E-state index in [0.29, 0.717) is 30.3 Å². The van der Waals surface area contributed by atoms with Gasteiger partial charge < -0.3 is 31.5 Å². The Morgan fingerprint density at radius 2 is 0.974 bits per heavy atom. The molecule has 12 N–H and O–H groups in total. The number of carbonyl (C=O) groups is 1. The first kappa shape index (κ1) is 59.6. The molecule has 0 aliphatic rings. The molecule has 0 aliphatic carbocycles. The number of rotatable bonds is 18. The standard InChI is InChI=1S/C38H28Cl2N14O18S5.Cu/c39-33-45-35(41-18-7-4-8-19(11-18)73(58,59)60)49-36(46-33)42-24-15-29(77(70,71)72)25(16-28(24)76(67,68)69)43-37-47-34(40)48-38(50-37)44-26-13-21(75(64,65)66)14-27(30(26)55)52-54-31(17-5-2-1-3-6-17)53-51-23-10-9-20(74(61,62)63)12-22(23)32(56)57;/h1-16,52,55H,(H,56,57)(H,58,59,60)(H,61,62,63)(H,64,65,66)(H,67,68,69)(H,70,71,72)(H2,41,42,45,46,49)(H2,43,44,47,48,50);/b53-51?,54-31+;. The number of hydrazone groups is 1. The molecule has 7 rings (SSSR count). The number of hydrogen-bond donors (Lipinski definition) is 12. The normalized spacial score (nSPS) is 12.4. The van der Waals surface area contributed by atoms with Crippen molar-refractivity contribution in [3.05, 3.63) is 119 Å². The van der Waals surface area contributed by atoms with Crippen molar-refractivity contribution >= 4 is 144 Å². The maximum Gasteiger partial charge on any atom is 0.338 e. The Morgan fingerprint density at radius 1 is 0.500 bits per heavy atom. The number of nitrogens with zero attached hydrogens (tertiary/aromatic N) is 9. The molecule has 2 aromatic heterocycles. The summed E-state index contributed by atoms with van der Waals surface area (Å²) in [6, 6.07) is 16.7. The van der Waals surface area contributed by atoms with E-state index in [1.807, 2.05) is 0 Å². The Hall–Kier alpha value is -7.69. The van der Waals surface area contributed by atoms with Crippen LogP contribution in [-0.2, 0) is 67.7 Å². The Labute approximate surface area is 458 Å². The van der Waals surface area contributed by atoms with Gasteiger partial charge in [-0.1, -0.05) is 36.4 Å². The summed E-state index contributed by atoms with van der Waals surface area (Å²) in [4.78, 5) is 30.5. The Kier molecular flexibility index (Phi) is 17.6. The van der Waals surface area contributed by atoms with Crippen molar-refractivity contribution in [2.24, 2.45) is 15.3 Å². The van der Waals surface area contributed by atoms with Crippen molar-refractivity contribution in [2.75, 3.05) is 26.7 Å². The second-order valence-electron chi connectivity index (χ2n) is 14.7. The average Bonchev–Trinajstić information content (AvgIpc) is 3.36. The number of nitrogens with one attached hydrogen (secondary N) is 5. The molecule has 2 heterocycles. The van der Waals surface area contributed by atoms with Crippen molar-refractivity contribution in [3.63, 3.8) is 0 Å². The molecule has 0 aliphatic heterocycles. The number of phenols is 1. The van der Waals surface area contributed by atoms with Gasteiger partial charge in [0.2, 0.25) is 40.2 Å². The van der Waals surface area contributed by atoms with Crippen LogP contribution in [0.15, 0.2) is 137 Å². The van der Waals surface area contributed by atoms with E-state index in [4.69, 9.17) is 23.2 Å². The number of aromatic nitrogens is 6. The van der Waals surface area contributed by atoms with E-state index in [0.717, 1.165) is 24.3 Å². The molecule has 0 spiro atoms. The van der Waals surface area contributed by atoms with Gasteiger partial charge in [-0.15, -0.1) is 10.2 Å². The van der Waals surface area contributed by atoms with Gasteiger partial charge >= 0.3 is 5.97 Å². The topological polar surface area (TPSA) is 504 Å². The van der Waals surface area contributed by atoms with Crippen molar-refractivity contribution < 1.29 is 96.9 Å². The first-order chi connectivity index (χ1) is 35.8. The zero-order valence-corrected chi connectivity index (χ0v) is 44.0. The quantitative estimate of drug-likeness (QED) is 0.00955. The second kappa shape index (κ2) is 23.1. The molecule has 0 saturated carbocycles. The number of carboxylic acids is 1. The number of carboxylic acid groups (broad SMARTS) is 1. The molecule has 413 valence electrons. The predicted molar refractivity (Wildman–Crippen MR) is 267 cm³/mol. The van der Waals surface area contributed by atoms with Gasteiger partial charge in [0.1, 0.15) is 21.2 Å². The largest absolute Gasteiger partial charge is 0.504 e. The number of aromatic carboxylic acids is 1. The fourth-order valence-electron chi connectivity index (χ4n) is 6.15. The van der Waals surface area contributed by atoms with Gasteiger partial charge in [-0.3, -0.25) is 28.2 Å². The molecule has 5 aromatic carbocycles. The Bertz CT molecular complexity index is 4210. The van der Waals surface area contributed by atoms with Gasteiger partial charge in [0.25, 0.3) is 50.6 Å². The number of aromatic hydroxyl groups is 1. The fourth-order valence-corrected chi connectivity index (χ4v) is 9.34. The van der Waals surface area contributed by atoms with Crippen molar-refractivity contribution in [1.29, 1.82) is 0 Å². The van der Waals surface area contributed by atoms with Crippen molar-refractivity contribution in [3.8, 4) is 5.75 Å². The molecule has 0 bridgehead atoms. The number of benzene rings is 5. The van der Waals surface area contributed by atoms with Crippen LogP contribution < -0.4 is 26.7 Å². The minimum absolute atomic E-state index is 0. The summed E-state index contributed by atoms with van der Waals surface area (Å²) in [7, 11) is -25.5. The van der Waals surface area contributed by atoms with Crippen molar-refractivity contribution in [2.45, 2.75) is 24.5 Å². The zero-order chi connectivity index (χ0) is 56.4. The van der Waals surface area contributed by atoms with E-state index in [1.54, 1.807) is 6.07 Å². The molecule has 0 saturated heterocycles. The molecule has 0 amide bonds. The van der Waals surface area contributed by atoms with E-state index in [-0.39, 0.29) is 28.3 Å². The SMILES string of the molecule is O=C(O)c1cc(S(=O)(=O)O)ccc1N=N/C(=N/Nc1cc(S(=O)(=O)O)cc(Nc2nc(Cl)nc(Nc3cc(S(=O)(=O)O)c(Nc4nc(Cl)nc(Nc5cccc(S(=O)(=O)O)c5)n4)cc3S(=O)(=O)O)n2)c1O)c1ccccc1.[Cu]. The zero-order valence-electron chi connectivity index (χ0n) is 37.5. The number of anilines is 9. The maximum absolute atomic E-state index is 12.8. The second-order valence-corrected chi connectivity index (χ2v) is 22.4. The van der Waals surface area contributed by atoms with Crippen LogP contribution >= 0.6 is 23.2 Å². The fraction of sp³-hybridized carbons (Fsp3) is 0. The molecular weight excluding hydrogens is 1240 g/mol. The number of phenolic OH excluding ortho intramolecular Hbond substituents is 1. The third-order valence-electron chi connectivity index (χ3n) is 9.43. The molecule has 7 aromatic rings. The van der Waals surface area contributed by atoms with Gasteiger partial charge in [0.05, 0.1) is 37.3 Å². The minimum Gasteiger partial charge on any atom is -0.504 e. The molecule has 1 radical (unpaired) electrons. The number of halogens is 2. The summed E-state index contributed by atoms with van der Waals surface area (Å²) in [5, 5.41) is 41.1. The number of hydrogen-bond acceptors (Lipinski definition) is 25. The van der Waals surface area contributed by atoms with E-state index in [2.05, 4.69) is 71.9 Å². The van der Waals surface area contributed by atoms with Gasteiger partial charge in [-0.05, 0) is 83.9 Å². The van der Waals surface area contributed by atoms with Gasteiger partial charge in [-0.25, -0.2) is 4.79 Å². The molecule has 32 nitrogen and oxygen atoms in total. The van der Waals surface area contributed by atoms with E-state index < -0.39 is 161 Å². The molecule has 0 atom stereocenters. The van der Waals surface area contributed by atoms with Crippen LogP contribution in [0.2, 0.25) is 10.6 Å². The molecule has 0 unspecified atom stereocenters. The van der Waals surface area contributed by atoms with Crippen LogP contribution in [0.4, 0.5) is 57.9 Å². The van der Waals surface area contributed by atoms with Gasteiger partial charge in [0, 0.05) is 28.3 Å². The third kappa shape index (κ3) is 15.1. The van der Waals surface area contributed by atoms with E-state index in [9.17, 15) is 79.9 Å². The van der Waals surface area contributed by atoms with Crippen molar-refractivity contribution in [1.82, 2.24) is 29.9 Å². The molecule has 0 fully saturated rings. The van der Waals surface area contributed by atoms with Crippen LogP contribution in [-0.4, -0.2) is 117 Å². The summed E-state index contributed by atoms with van der Waals surface area (Å²) >= 11 is 12.2. The Morgan fingerprint density at radius 3 is 1.46 bits per heavy atom. The molecular formula is C38H28Cl2CuN14O18S5. The number of amidine groups is 1. The van der Waals surface area contributed by atoms with Crippen LogP contribution in [0, 0.1) is 0 Å².